The molecule has 25 heavy (non-hydrogen) atoms. The number of morpholine rings is 1. The highest BCUT2D eigenvalue weighted by Crippen LogP contribution is 2.17. The highest BCUT2D eigenvalue weighted by atomic mass is 35.5. The van der Waals surface area contributed by atoms with Crippen LogP contribution in [0.4, 0.5) is 5.69 Å². The Morgan fingerprint density at radius 1 is 1.16 bits per heavy atom. The summed E-state index contributed by atoms with van der Waals surface area (Å²) < 4.78 is 5.67. The summed E-state index contributed by atoms with van der Waals surface area (Å²) in [5, 5.41) is 6.07. The molecule has 2 amide bonds. The third kappa shape index (κ3) is 4.93. The monoisotopic (exact) mass is 367 g/mol. The average Bonchev–Trinajstić information content (AvgIpc) is 3.08. The summed E-state index contributed by atoms with van der Waals surface area (Å²) in [6.45, 7) is 6.06. The molecule has 1 aromatic carbocycles. The summed E-state index contributed by atoms with van der Waals surface area (Å²) in [5.41, 5.74) is 1.35. The number of hydrogen-bond donors (Lipinski definition) is 2. The van der Waals surface area contributed by atoms with Gasteiger partial charge in [0.2, 0.25) is 5.91 Å². The Kier molecular flexibility index (Phi) is 6.81. The van der Waals surface area contributed by atoms with Gasteiger partial charge >= 0.3 is 0 Å². The van der Waals surface area contributed by atoms with Gasteiger partial charge in [-0.25, -0.2) is 0 Å². The maximum absolute atomic E-state index is 12.6. The zero-order valence-electron chi connectivity index (χ0n) is 14.7. The molecule has 3 unspecified atom stereocenters. The molecule has 138 valence electrons. The molecule has 0 saturated carbocycles. The Morgan fingerprint density at radius 3 is 2.36 bits per heavy atom. The van der Waals surface area contributed by atoms with Crippen LogP contribution in [0.3, 0.4) is 0 Å². The lowest BCUT2D eigenvalue weighted by molar-refractivity contribution is -0.117. The number of carbonyl (C=O) groups is 2. The number of amides is 2. The highest BCUT2D eigenvalue weighted by molar-refractivity contribution is 5.97. The molecular weight excluding hydrogens is 342 g/mol. The Bertz CT molecular complexity index is 592. The van der Waals surface area contributed by atoms with Crippen molar-refractivity contribution >= 4 is 29.9 Å². The normalized spacial score (nSPS) is 26.0. The SMILES string of the molecule is CC1CN(C(=O)c2ccc(NC(=O)C3CCCN3)cc2)CC(C)O1.Cl. The molecule has 2 N–H and O–H groups in total. The molecule has 0 spiro atoms. The summed E-state index contributed by atoms with van der Waals surface area (Å²) in [4.78, 5) is 26.5. The lowest BCUT2D eigenvalue weighted by Crippen LogP contribution is -2.48. The van der Waals surface area contributed by atoms with Gasteiger partial charge in [-0.1, -0.05) is 0 Å². The molecule has 2 saturated heterocycles. The van der Waals surface area contributed by atoms with Crippen molar-refractivity contribution in [3.05, 3.63) is 29.8 Å². The maximum atomic E-state index is 12.6. The van der Waals surface area contributed by atoms with E-state index < -0.39 is 0 Å². The number of anilines is 1. The zero-order chi connectivity index (χ0) is 17.1. The van der Waals surface area contributed by atoms with E-state index in [1.54, 1.807) is 24.3 Å². The molecule has 0 radical (unpaired) electrons. The first-order valence-corrected chi connectivity index (χ1v) is 8.62. The van der Waals surface area contributed by atoms with Crippen molar-refractivity contribution in [2.45, 2.75) is 44.9 Å². The van der Waals surface area contributed by atoms with E-state index >= 15 is 0 Å². The zero-order valence-corrected chi connectivity index (χ0v) is 15.5. The van der Waals surface area contributed by atoms with E-state index in [0.29, 0.717) is 24.3 Å². The van der Waals surface area contributed by atoms with Crippen LogP contribution in [-0.4, -0.2) is 54.6 Å². The van der Waals surface area contributed by atoms with E-state index in [0.717, 1.165) is 19.4 Å². The number of carbonyl (C=O) groups excluding carboxylic acids is 2. The number of nitrogens with zero attached hydrogens (tertiary/aromatic N) is 1. The largest absolute Gasteiger partial charge is 0.372 e. The van der Waals surface area contributed by atoms with Gasteiger partial charge < -0.3 is 20.3 Å². The van der Waals surface area contributed by atoms with Crippen LogP contribution in [0.1, 0.15) is 37.0 Å². The summed E-state index contributed by atoms with van der Waals surface area (Å²) >= 11 is 0. The second-order valence-corrected chi connectivity index (χ2v) is 6.68. The summed E-state index contributed by atoms with van der Waals surface area (Å²) in [7, 11) is 0. The van der Waals surface area contributed by atoms with E-state index in [1.165, 1.54) is 0 Å². The van der Waals surface area contributed by atoms with Crippen LogP contribution in [0.2, 0.25) is 0 Å². The number of halogens is 1. The fourth-order valence-electron chi connectivity index (χ4n) is 3.36. The fraction of sp³-hybridized carbons (Fsp3) is 0.556. The molecule has 3 rings (SSSR count). The van der Waals surface area contributed by atoms with Gasteiger partial charge in [-0.15, -0.1) is 12.4 Å². The molecule has 1 aromatic rings. The van der Waals surface area contributed by atoms with Crippen LogP contribution in [0, 0.1) is 0 Å². The quantitative estimate of drug-likeness (QED) is 0.857. The first kappa shape index (κ1) is 19.7. The van der Waals surface area contributed by atoms with Crippen molar-refractivity contribution in [2.75, 3.05) is 25.0 Å². The first-order valence-electron chi connectivity index (χ1n) is 8.62. The number of hydrogen-bond acceptors (Lipinski definition) is 4. The van der Waals surface area contributed by atoms with Crippen molar-refractivity contribution in [3.63, 3.8) is 0 Å². The van der Waals surface area contributed by atoms with Crippen LogP contribution in [-0.2, 0) is 9.53 Å². The van der Waals surface area contributed by atoms with Gasteiger partial charge in [-0.2, -0.15) is 0 Å². The van der Waals surface area contributed by atoms with E-state index in [1.807, 2.05) is 18.7 Å². The second-order valence-electron chi connectivity index (χ2n) is 6.68. The lowest BCUT2D eigenvalue weighted by atomic mass is 10.1. The second kappa shape index (κ2) is 8.65. The first-order chi connectivity index (χ1) is 11.5. The lowest BCUT2D eigenvalue weighted by Gasteiger charge is -2.35. The van der Waals surface area contributed by atoms with Gasteiger partial charge in [0.05, 0.1) is 18.2 Å². The number of benzene rings is 1. The molecular formula is C18H26ClN3O3. The molecule has 2 heterocycles. The van der Waals surface area contributed by atoms with Crippen molar-refractivity contribution in [1.82, 2.24) is 10.2 Å². The van der Waals surface area contributed by atoms with Crippen molar-refractivity contribution < 1.29 is 14.3 Å². The summed E-state index contributed by atoms with van der Waals surface area (Å²) in [5.74, 6) is -0.00487. The highest BCUT2D eigenvalue weighted by Gasteiger charge is 2.26. The van der Waals surface area contributed by atoms with E-state index in [9.17, 15) is 9.59 Å². The molecule has 2 fully saturated rings. The molecule has 0 aromatic heterocycles. The summed E-state index contributed by atoms with van der Waals surface area (Å²) in [6, 6.07) is 7.00. The average molecular weight is 368 g/mol. The van der Waals surface area contributed by atoms with E-state index in [2.05, 4.69) is 10.6 Å². The van der Waals surface area contributed by atoms with Gasteiger partial charge in [0.15, 0.2) is 0 Å². The fourth-order valence-corrected chi connectivity index (χ4v) is 3.36. The van der Waals surface area contributed by atoms with Gasteiger partial charge in [0, 0.05) is 24.3 Å². The van der Waals surface area contributed by atoms with Crippen LogP contribution in [0.25, 0.3) is 0 Å². The minimum Gasteiger partial charge on any atom is -0.372 e. The minimum absolute atomic E-state index is 0. The number of rotatable bonds is 3. The third-order valence-electron chi connectivity index (χ3n) is 4.48. The Hall–Kier alpha value is -1.63. The predicted molar refractivity (Wildman–Crippen MR) is 99.3 cm³/mol. The molecule has 2 aliphatic rings. The Balaban J connectivity index is 0.00000225. The van der Waals surface area contributed by atoms with Crippen LogP contribution in [0.5, 0.6) is 0 Å². The topological polar surface area (TPSA) is 70.7 Å². The van der Waals surface area contributed by atoms with Crippen molar-refractivity contribution in [2.24, 2.45) is 0 Å². The third-order valence-corrected chi connectivity index (χ3v) is 4.48. The van der Waals surface area contributed by atoms with Gasteiger partial charge in [-0.3, -0.25) is 9.59 Å². The van der Waals surface area contributed by atoms with Crippen LogP contribution in [0.15, 0.2) is 24.3 Å². The molecule has 7 heteroatoms. The Labute approximate surface area is 154 Å². The van der Waals surface area contributed by atoms with Crippen molar-refractivity contribution in [3.8, 4) is 0 Å². The minimum atomic E-state index is -0.109. The van der Waals surface area contributed by atoms with Gasteiger partial charge in [-0.05, 0) is 57.5 Å². The molecule has 2 aliphatic heterocycles. The summed E-state index contributed by atoms with van der Waals surface area (Å²) in [6.07, 6.45) is 2.00. The molecule has 6 nitrogen and oxygen atoms in total. The van der Waals surface area contributed by atoms with Crippen molar-refractivity contribution in [1.29, 1.82) is 0 Å². The molecule has 0 bridgehead atoms. The number of nitrogens with one attached hydrogen (secondary N) is 2. The van der Waals surface area contributed by atoms with E-state index in [4.69, 9.17) is 4.74 Å². The Morgan fingerprint density at radius 2 is 1.80 bits per heavy atom. The molecule has 3 atom stereocenters. The van der Waals surface area contributed by atoms with Gasteiger partial charge in [0.1, 0.15) is 0 Å². The molecule has 0 aliphatic carbocycles. The number of ether oxygens (including phenoxy) is 1. The smallest absolute Gasteiger partial charge is 0.254 e. The predicted octanol–water partition coefficient (Wildman–Crippen LogP) is 2.05. The van der Waals surface area contributed by atoms with E-state index in [-0.39, 0.29) is 42.5 Å². The standard InChI is InChI=1S/C18H25N3O3.ClH/c1-12-10-21(11-13(2)24-12)18(23)14-5-7-15(8-6-14)20-17(22)16-4-3-9-19-16;/h5-8,12-13,16,19H,3-4,9-11H2,1-2H3,(H,20,22);1H. The van der Waals surface area contributed by atoms with Crippen LogP contribution >= 0.6 is 12.4 Å². The van der Waals surface area contributed by atoms with Crippen LogP contribution < -0.4 is 10.6 Å². The maximum Gasteiger partial charge on any atom is 0.254 e. The van der Waals surface area contributed by atoms with Gasteiger partial charge in [0.25, 0.3) is 5.91 Å².